The topological polar surface area (TPSA) is 73.9 Å². The minimum atomic E-state index is -0.664. The van der Waals surface area contributed by atoms with Crippen LogP contribution in [0.1, 0.15) is 5.56 Å². The number of benzene rings is 3. The van der Waals surface area contributed by atoms with Crippen LogP contribution in [0.2, 0.25) is 5.02 Å². The number of carbonyl (C=O) groups is 2. The molecule has 0 bridgehead atoms. The van der Waals surface area contributed by atoms with Crippen molar-refractivity contribution in [1.29, 1.82) is 0 Å². The summed E-state index contributed by atoms with van der Waals surface area (Å²) < 4.78 is 15.5. The Morgan fingerprint density at radius 2 is 1.69 bits per heavy atom. The number of para-hydroxylation sites is 1. The molecule has 0 aromatic heterocycles. The summed E-state index contributed by atoms with van der Waals surface area (Å²) >= 11 is 6.16. The Hall–Kier alpha value is -3.77. The normalized spacial score (nSPS) is 10.6. The molecule has 6 nitrogen and oxygen atoms in total. The average Bonchev–Trinajstić information content (AvgIpc) is 2.82. The standard InChI is InChI=1S/C25H22ClNO5/c1-30-22-15-17(14-20(26)25(22)31-2)12-13-24(29)32-16-23(28)27-21-11-7-6-10-19(21)18-8-4-3-5-9-18/h3-15H,16H2,1-2H3,(H,27,28)/b13-12+. The lowest BCUT2D eigenvalue weighted by Crippen LogP contribution is -2.20. The molecule has 0 spiro atoms. The molecule has 0 saturated heterocycles. The Morgan fingerprint density at radius 1 is 0.969 bits per heavy atom. The molecule has 0 saturated carbocycles. The highest BCUT2D eigenvalue weighted by atomic mass is 35.5. The van der Waals surface area contributed by atoms with Crippen molar-refractivity contribution in [2.75, 3.05) is 26.1 Å². The summed E-state index contributed by atoms with van der Waals surface area (Å²) in [5.74, 6) is -0.266. The molecule has 32 heavy (non-hydrogen) atoms. The molecule has 164 valence electrons. The highest BCUT2D eigenvalue weighted by molar-refractivity contribution is 6.32. The molecule has 0 aliphatic heterocycles. The maximum Gasteiger partial charge on any atom is 0.331 e. The fourth-order valence-corrected chi connectivity index (χ4v) is 3.33. The van der Waals surface area contributed by atoms with Gasteiger partial charge in [-0.2, -0.15) is 0 Å². The second-order valence-corrected chi connectivity index (χ2v) is 7.05. The molecule has 0 heterocycles. The van der Waals surface area contributed by atoms with E-state index >= 15 is 0 Å². The second-order valence-electron chi connectivity index (χ2n) is 6.64. The monoisotopic (exact) mass is 451 g/mol. The Morgan fingerprint density at radius 3 is 2.41 bits per heavy atom. The Bertz CT molecular complexity index is 1130. The molecule has 0 atom stereocenters. The molecular formula is C25H22ClNO5. The van der Waals surface area contributed by atoms with Crippen LogP contribution in [-0.4, -0.2) is 32.7 Å². The third-order valence-electron chi connectivity index (χ3n) is 4.50. The molecular weight excluding hydrogens is 430 g/mol. The number of carbonyl (C=O) groups excluding carboxylic acids is 2. The van der Waals surface area contributed by atoms with Gasteiger partial charge < -0.3 is 19.5 Å². The zero-order chi connectivity index (χ0) is 22.9. The highest BCUT2D eigenvalue weighted by Crippen LogP contribution is 2.36. The van der Waals surface area contributed by atoms with E-state index in [1.54, 1.807) is 18.2 Å². The maximum absolute atomic E-state index is 12.3. The van der Waals surface area contributed by atoms with Crippen molar-refractivity contribution in [3.05, 3.63) is 83.4 Å². The first kappa shape index (κ1) is 22.9. The molecule has 7 heteroatoms. The number of hydrogen-bond acceptors (Lipinski definition) is 5. The van der Waals surface area contributed by atoms with Crippen molar-refractivity contribution in [3.63, 3.8) is 0 Å². The van der Waals surface area contributed by atoms with Crippen molar-refractivity contribution in [3.8, 4) is 22.6 Å². The molecule has 0 aliphatic rings. The fraction of sp³-hybridized carbons (Fsp3) is 0.120. The number of hydrogen-bond donors (Lipinski definition) is 1. The summed E-state index contributed by atoms with van der Waals surface area (Å²) in [4.78, 5) is 24.4. The Labute approximate surface area is 191 Å². The van der Waals surface area contributed by atoms with Crippen LogP contribution in [0, 0.1) is 0 Å². The summed E-state index contributed by atoms with van der Waals surface area (Å²) in [6, 6.07) is 20.4. The average molecular weight is 452 g/mol. The zero-order valence-corrected chi connectivity index (χ0v) is 18.4. The van der Waals surface area contributed by atoms with Crippen molar-refractivity contribution in [1.82, 2.24) is 0 Å². The van der Waals surface area contributed by atoms with Crippen LogP contribution < -0.4 is 14.8 Å². The van der Waals surface area contributed by atoms with E-state index in [4.69, 9.17) is 25.8 Å². The number of methoxy groups -OCH3 is 2. The number of anilines is 1. The van der Waals surface area contributed by atoms with Crippen molar-refractivity contribution in [2.24, 2.45) is 0 Å². The first-order valence-electron chi connectivity index (χ1n) is 9.72. The number of esters is 1. The van der Waals surface area contributed by atoms with Crippen LogP contribution in [0.15, 0.2) is 72.8 Å². The second kappa shape index (κ2) is 11.0. The molecule has 3 aromatic rings. The van der Waals surface area contributed by atoms with Gasteiger partial charge in [-0.25, -0.2) is 4.79 Å². The number of ether oxygens (including phenoxy) is 3. The van der Waals surface area contributed by atoms with Crippen LogP contribution in [0.4, 0.5) is 5.69 Å². The third-order valence-corrected chi connectivity index (χ3v) is 4.78. The van der Waals surface area contributed by atoms with Crippen LogP contribution in [0.5, 0.6) is 11.5 Å². The summed E-state index contributed by atoms with van der Waals surface area (Å²) in [5.41, 5.74) is 3.09. The smallest absolute Gasteiger partial charge is 0.331 e. The van der Waals surface area contributed by atoms with Gasteiger partial charge in [-0.3, -0.25) is 4.79 Å². The van der Waals surface area contributed by atoms with Gasteiger partial charge in [0.25, 0.3) is 5.91 Å². The van der Waals surface area contributed by atoms with Gasteiger partial charge in [-0.15, -0.1) is 0 Å². The number of rotatable bonds is 8. The lowest BCUT2D eigenvalue weighted by atomic mass is 10.0. The molecule has 0 radical (unpaired) electrons. The van der Waals surface area contributed by atoms with Crippen molar-refractivity contribution < 1.29 is 23.8 Å². The van der Waals surface area contributed by atoms with Crippen molar-refractivity contribution in [2.45, 2.75) is 0 Å². The summed E-state index contributed by atoms with van der Waals surface area (Å²) in [6.07, 6.45) is 2.72. The summed E-state index contributed by atoms with van der Waals surface area (Å²) in [5, 5.41) is 3.13. The van der Waals surface area contributed by atoms with Gasteiger partial charge in [0.05, 0.1) is 19.2 Å². The van der Waals surface area contributed by atoms with Gasteiger partial charge in [0.2, 0.25) is 0 Å². The lowest BCUT2D eigenvalue weighted by molar-refractivity contribution is -0.142. The number of halogens is 1. The van der Waals surface area contributed by atoms with E-state index in [0.717, 1.165) is 11.1 Å². The maximum atomic E-state index is 12.3. The van der Waals surface area contributed by atoms with Crippen LogP contribution in [0.25, 0.3) is 17.2 Å². The Balaban J connectivity index is 1.59. The lowest BCUT2D eigenvalue weighted by Gasteiger charge is -2.11. The van der Waals surface area contributed by atoms with E-state index in [1.807, 2.05) is 48.5 Å². The van der Waals surface area contributed by atoms with Crippen LogP contribution in [-0.2, 0) is 14.3 Å². The molecule has 3 rings (SSSR count). The van der Waals surface area contributed by atoms with Gasteiger partial charge in [0, 0.05) is 17.3 Å². The molecule has 1 N–H and O–H groups in total. The molecule has 3 aromatic carbocycles. The molecule has 0 aliphatic carbocycles. The first-order chi connectivity index (χ1) is 15.5. The summed E-state index contributed by atoms with van der Waals surface area (Å²) in [7, 11) is 2.98. The van der Waals surface area contributed by atoms with Gasteiger partial charge in [-0.05, 0) is 35.4 Å². The zero-order valence-electron chi connectivity index (χ0n) is 17.6. The van der Waals surface area contributed by atoms with Crippen LogP contribution in [0.3, 0.4) is 0 Å². The molecule has 1 amide bonds. The van der Waals surface area contributed by atoms with Crippen LogP contribution >= 0.6 is 11.6 Å². The number of amides is 1. The van der Waals surface area contributed by atoms with E-state index in [1.165, 1.54) is 26.4 Å². The predicted molar refractivity (Wildman–Crippen MR) is 125 cm³/mol. The number of nitrogens with one attached hydrogen (secondary N) is 1. The quantitative estimate of drug-likeness (QED) is 0.375. The van der Waals surface area contributed by atoms with Gasteiger partial charge in [0.15, 0.2) is 18.1 Å². The van der Waals surface area contributed by atoms with E-state index in [0.29, 0.717) is 27.8 Å². The molecule has 0 unspecified atom stereocenters. The van der Waals surface area contributed by atoms with E-state index in [9.17, 15) is 9.59 Å². The first-order valence-corrected chi connectivity index (χ1v) is 10.1. The fourth-order valence-electron chi connectivity index (χ4n) is 3.03. The van der Waals surface area contributed by atoms with Gasteiger partial charge in [0.1, 0.15) is 0 Å². The van der Waals surface area contributed by atoms with Crippen molar-refractivity contribution >= 4 is 35.2 Å². The largest absolute Gasteiger partial charge is 0.493 e. The molecule has 0 fully saturated rings. The third kappa shape index (κ3) is 5.89. The van der Waals surface area contributed by atoms with E-state index in [2.05, 4.69) is 5.32 Å². The van der Waals surface area contributed by atoms with Gasteiger partial charge >= 0.3 is 5.97 Å². The van der Waals surface area contributed by atoms with E-state index < -0.39 is 18.5 Å². The highest BCUT2D eigenvalue weighted by Gasteiger charge is 2.11. The summed E-state index contributed by atoms with van der Waals surface area (Å²) in [6.45, 7) is -0.418. The van der Waals surface area contributed by atoms with E-state index in [-0.39, 0.29) is 0 Å². The SMILES string of the molecule is COc1cc(/C=C/C(=O)OCC(=O)Nc2ccccc2-c2ccccc2)cc(Cl)c1OC. The Kier molecular flexibility index (Phi) is 7.89. The van der Waals surface area contributed by atoms with Gasteiger partial charge in [-0.1, -0.05) is 60.1 Å². The minimum Gasteiger partial charge on any atom is -0.493 e. The minimum absolute atomic E-state index is 0.344. The predicted octanol–water partition coefficient (Wildman–Crippen LogP) is 5.22.